The molecule has 3 amide bonds. The van der Waals surface area contributed by atoms with Crippen LogP contribution in [0.3, 0.4) is 0 Å². The van der Waals surface area contributed by atoms with E-state index >= 15 is 0 Å². The van der Waals surface area contributed by atoms with Gasteiger partial charge >= 0.3 is 12.0 Å². The predicted octanol–water partition coefficient (Wildman–Crippen LogP) is 2.29. The Kier molecular flexibility index (Phi) is 6.85. The van der Waals surface area contributed by atoms with Crippen LogP contribution >= 0.6 is 11.6 Å². The number of carbonyl (C=O) groups excluding carboxylic acids is 2. The zero-order valence-electron chi connectivity index (χ0n) is 14.7. The Morgan fingerprint density at radius 1 is 1.19 bits per heavy atom. The van der Waals surface area contributed by atoms with E-state index in [1.807, 2.05) is 0 Å². The van der Waals surface area contributed by atoms with Gasteiger partial charge in [0.2, 0.25) is 5.91 Å². The molecule has 1 aromatic rings. The summed E-state index contributed by atoms with van der Waals surface area (Å²) in [4.78, 5) is 35.4. The van der Waals surface area contributed by atoms with Crippen molar-refractivity contribution >= 4 is 29.5 Å². The monoisotopic (exact) mass is 381 g/mol. The highest BCUT2D eigenvalue weighted by molar-refractivity contribution is 6.30. The van der Waals surface area contributed by atoms with Gasteiger partial charge in [0.15, 0.2) is 0 Å². The van der Waals surface area contributed by atoms with E-state index in [9.17, 15) is 19.5 Å². The zero-order valence-corrected chi connectivity index (χ0v) is 15.4. The summed E-state index contributed by atoms with van der Waals surface area (Å²) < 4.78 is 0. The molecule has 8 heteroatoms. The third kappa shape index (κ3) is 5.62. The van der Waals surface area contributed by atoms with Gasteiger partial charge in [0.1, 0.15) is 0 Å². The minimum atomic E-state index is -0.902. The van der Waals surface area contributed by atoms with E-state index in [2.05, 4.69) is 16.0 Å². The number of nitrogens with one attached hydrogen (secondary N) is 3. The molecule has 0 spiro atoms. The molecule has 4 N–H and O–H groups in total. The maximum Gasteiger partial charge on any atom is 0.315 e. The van der Waals surface area contributed by atoms with Crippen LogP contribution in [0.2, 0.25) is 5.02 Å². The van der Waals surface area contributed by atoms with Gasteiger partial charge in [-0.25, -0.2) is 4.79 Å². The Labute approximate surface area is 157 Å². The van der Waals surface area contributed by atoms with E-state index in [4.69, 9.17) is 11.6 Å². The number of rotatable bonds is 6. The number of carboxylic acids is 1. The second-order valence-electron chi connectivity index (χ2n) is 6.76. The third-order valence-corrected chi connectivity index (χ3v) is 4.96. The second-order valence-corrected chi connectivity index (χ2v) is 7.20. The van der Waals surface area contributed by atoms with E-state index in [1.165, 1.54) is 0 Å². The smallest absolute Gasteiger partial charge is 0.315 e. The highest BCUT2D eigenvalue weighted by atomic mass is 35.5. The summed E-state index contributed by atoms with van der Waals surface area (Å²) in [6, 6.07) is 6.58. The minimum Gasteiger partial charge on any atom is -0.481 e. The highest BCUT2D eigenvalue weighted by Crippen LogP contribution is 2.33. The summed E-state index contributed by atoms with van der Waals surface area (Å²) in [6.07, 6.45) is 2.86. The van der Waals surface area contributed by atoms with E-state index in [0.717, 1.165) is 18.4 Å². The molecule has 0 aromatic heterocycles. The Bertz CT molecular complexity index is 665. The zero-order chi connectivity index (χ0) is 19.2. The van der Waals surface area contributed by atoms with Gasteiger partial charge in [-0.15, -0.1) is 0 Å². The summed E-state index contributed by atoms with van der Waals surface area (Å²) in [5, 5.41) is 17.9. The molecule has 26 heavy (non-hydrogen) atoms. The lowest BCUT2D eigenvalue weighted by Crippen LogP contribution is -2.57. The second kappa shape index (κ2) is 8.89. The van der Waals surface area contributed by atoms with Crippen LogP contribution in [-0.4, -0.2) is 35.1 Å². The van der Waals surface area contributed by atoms with Gasteiger partial charge < -0.3 is 21.1 Å². The van der Waals surface area contributed by atoms with E-state index in [-0.39, 0.29) is 6.54 Å². The molecular formula is C18H24ClN3O4. The minimum absolute atomic E-state index is 0.214. The van der Waals surface area contributed by atoms with Crippen LogP contribution in [-0.2, 0) is 16.1 Å². The standard InChI is InChI=1S/C18H24ClN3O4/c1-18(9-3-2-4-14(18)16(24)25)22-15(23)11-21-17(26)20-10-12-5-7-13(19)8-6-12/h5-8,14H,2-4,9-11H2,1H3,(H,22,23)(H,24,25)(H2,20,21,26). The van der Waals surface area contributed by atoms with E-state index in [0.29, 0.717) is 24.4 Å². The lowest BCUT2D eigenvalue weighted by atomic mass is 9.74. The summed E-state index contributed by atoms with van der Waals surface area (Å²) in [6.45, 7) is 1.85. The summed E-state index contributed by atoms with van der Waals surface area (Å²) >= 11 is 5.80. The molecule has 1 aliphatic rings. The third-order valence-electron chi connectivity index (χ3n) is 4.71. The predicted molar refractivity (Wildman–Crippen MR) is 97.8 cm³/mol. The van der Waals surface area contributed by atoms with Crippen molar-refractivity contribution in [2.45, 2.75) is 44.7 Å². The Balaban J connectivity index is 1.77. The van der Waals surface area contributed by atoms with E-state index in [1.54, 1.807) is 31.2 Å². The fraction of sp³-hybridized carbons (Fsp3) is 0.500. The van der Waals surface area contributed by atoms with Crippen molar-refractivity contribution in [3.05, 3.63) is 34.9 Å². The summed E-state index contributed by atoms with van der Waals surface area (Å²) in [7, 11) is 0. The molecule has 2 atom stereocenters. The van der Waals surface area contributed by atoms with Crippen molar-refractivity contribution in [2.24, 2.45) is 5.92 Å². The Morgan fingerprint density at radius 3 is 2.54 bits per heavy atom. The van der Waals surface area contributed by atoms with Gasteiger partial charge in [-0.3, -0.25) is 9.59 Å². The van der Waals surface area contributed by atoms with Gasteiger partial charge in [-0.05, 0) is 37.5 Å². The van der Waals surface area contributed by atoms with Crippen LogP contribution in [0.5, 0.6) is 0 Å². The first kappa shape index (κ1) is 20.0. The maximum atomic E-state index is 12.1. The largest absolute Gasteiger partial charge is 0.481 e. The molecule has 1 aliphatic carbocycles. The SMILES string of the molecule is CC1(NC(=O)CNC(=O)NCc2ccc(Cl)cc2)CCCCC1C(=O)O. The highest BCUT2D eigenvalue weighted by Gasteiger charge is 2.42. The van der Waals surface area contributed by atoms with Gasteiger partial charge in [0.05, 0.1) is 18.0 Å². The van der Waals surface area contributed by atoms with Crippen LogP contribution in [0.4, 0.5) is 4.79 Å². The van der Waals surface area contributed by atoms with Gasteiger partial charge in [0.25, 0.3) is 0 Å². The van der Waals surface area contributed by atoms with Crippen molar-refractivity contribution in [3.63, 3.8) is 0 Å². The number of amides is 3. The van der Waals surface area contributed by atoms with Gasteiger partial charge in [0, 0.05) is 11.6 Å². The fourth-order valence-corrected chi connectivity index (χ4v) is 3.38. The molecule has 1 saturated carbocycles. The van der Waals surface area contributed by atoms with Crippen molar-refractivity contribution in [1.82, 2.24) is 16.0 Å². The number of carbonyl (C=O) groups is 3. The van der Waals surface area contributed by atoms with Crippen LogP contribution in [0, 0.1) is 5.92 Å². The molecule has 0 bridgehead atoms. The van der Waals surface area contributed by atoms with Crippen LogP contribution in [0.1, 0.15) is 38.2 Å². The molecule has 1 fully saturated rings. The fourth-order valence-electron chi connectivity index (χ4n) is 3.25. The van der Waals surface area contributed by atoms with E-state index < -0.39 is 29.4 Å². The average molecular weight is 382 g/mol. The quantitative estimate of drug-likeness (QED) is 0.606. The first-order chi connectivity index (χ1) is 12.3. The van der Waals surface area contributed by atoms with Crippen molar-refractivity contribution in [1.29, 1.82) is 0 Å². The lowest BCUT2D eigenvalue weighted by Gasteiger charge is -2.39. The lowest BCUT2D eigenvalue weighted by molar-refractivity contribution is -0.146. The molecule has 1 aromatic carbocycles. The maximum absolute atomic E-state index is 12.1. The van der Waals surface area contributed by atoms with Gasteiger partial charge in [-0.1, -0.05) is 36.6 Å². The number of hydrogen-bond donors (Lipinski definition) is 4. The number of halogens is 1. The summed E-state index contributed by atoms with van der Waals surface area (Å²) in [5.41, 5.74) is 0.0934. The van der Waals surface area contributed by atoms with Gasteiger partial charge in [-0.2, -0.15) is 0 Å². The van der Waals surface area contributed by atoms with Crippen LogP contribution in [0.15, 0.2) is 24.3 Å². The number of hydrogen-bond acceptors (Lipinski definition) is 3. The molecule has 2 unspecified atom stereocenters. The first-order valence-corrected chi connectivity index (χ1v) is 8.98. The Hall–Kier alpha value is -2.28. The van der Waals surface area contributed by atoms with Crippen molar-refractivity contribution in [3.8, 4) is 0 Å². The molecule has 0 aliphatic heterocycles. The molecule has 0 heterocycles. The van der Waals surface area contributed by atoms with Crippen LogP contribution in [0.25, 0.3) is 0 Å². The average Bonchev–Trinajstić information content (AvgIpc) is 2.59. The molecule has 0 saturated heterocycles. The Morgan fingerprint density at radius 2 is 1.88 bits per heavy atom. The summed E-state index contributed by atoms with van der Waals surface area (Å²) in [5.74, 6) is -1.91. The molecule has 142 valence electrons. The number of aliphatic carboxylic acids is 1. The molecule has 7 nitrogen and oxygen atoms in total. The van der Waals surface area contributed by atoms with Crippen molar-refractivity contribution in [2.75, 3.05) is 6.54 Å². The number of carboxylic acid groups (broad SMARTS) is 1. The molecular weight excluding hydrogens is 358 g/mol. The normalized spacial score (nSPS) is 22.3. The van der Waals surface area contributed by atoms with Crippen molar-refractivity contribution < 1.29 is 19.5 Å². The molecule has 0 radical (unpaired) electrons. The first-order valence-electron chi connectivity index (χ1n) is 8.60. The van der Waals surface area contributed by atoms with Crippen LogP contribution < -0.4 is 16.0 Å². The molecule has 2 rings (SSSR count). The number of urea groups is 1. The topological polar surface area (TPSA) is 108 Å². The number of benzene rings is 1.